The van der Waals surface area contributed by atoms with Gasteiger partial charge < -0.3 is 5.32 Å². The van der Waals surface area contributed by atoms with E-state index in [4.69, 9.17) is 0 Å². The van der Waals surface area contributed by atoms with Gasteiger partial charge in [0.2, 0.25) is 0 Å². The quantitative estimate of drug-likeness (QED) is 0.840. The molecule has 0 saturated heterocycles. The zero-order chi connectivity index (χ0) is 10.4. The number of rotatable bonds is 5. The number of amides is 1. The van der Waals surface area contributed by atoms with E-state index in [0.717, 1.165) is 12.8 Å². The number of alkyl halides is 1. The maximum atomic E-state index is 11.4. The lowest BCUT2D eigenvalue weighted by molar-refractivity contribution is 0.0949. The van der Waals surface area contributed by atoms with Crippen LogP contribution < -0.4 is 5.32 Å². The summed E-state index contributed by atoms with van der Waals surface area (Å²) in [5, 5.41) is 4.58. The third-order valence-corrected chi connectivity index (χ3v) is 3.12. The molecule has 1 unspecified atom stereocenters. The van der Waals surface area contributed by atoms with Crippen molar-refractivity contribution in [2.75, 3.05) is 6.54 Å². The smallest absolute Gasteiger partial charge is 0.270 e. The number of halogens is 1. The first kappa shape index (κ1) is 11.7. The number of nitrogens with zero attached hydrogens (tertiary/aromatic N) is 1. The third-order valence-electron chi connectivity index (χ3n) is 1.75. The Morgan fingerprint density at radius 1 is 1.79 bits per heavy atom. The fraction of sp³-hybridized carbons (Fsp3) is 0.556. The van der Waals surface area contributed by atoms with Crippen molar-refractivity contribution < 1.29 is 4.79 Å². The van der Waals surface area contributed by atoms with Crippen LogP contribution in [0.2, 0.25) is 0 Å². The highest BCUT2D eigenvalue weighted by Crippen LogP contribution is 2.06. The molecule has 0 bridgehead atoms. The molecule has 1 aromatic heterocycles. The summed E-state index contributed by atoms with van der Waals surface area (Å²) in [6.45, 7) is 2.78. The van der Waals surface area contributed by atoms with Crippen LogP contribution in [0.25, 0.3) is 0 Å². The average Bonchev–Trinajstić information content (AvgIpc) is 2.67. The molecule has 0 fully saturated rings. The van der Waals surface area contributed by atoms with Gasteiger partial charge >= 0.3 is 0 Å². The molecule has 1 atom stereocenters. The maximum Gasteiger partial charge on any atom is 0.270 e. The number of hydrogen-bond donors (Lipinski definition) is 1. The van der Waals surface area contributed by atoms with Gasteiger partial charge in [0.15, 0.2) is 0 Å². The van der Waals surface area contributed by atoms with Crippen LogP contribution in [0.4, 0.5) is 0 Å². The fourth-order valence-corrected chi connectivity index (χ4v) is 2.19. The lowest BCUT2D eigenvalue weighted by Crippen LogP contribution is -2.29. The van der Waals surface area contributed by atoms with Gasteiger partial charge in [-0.25, -0.2) is 4.98 Å². The zero-order valence-corrected chi connectivity index (χ0v) is 10.4. The lowest BCUT2D eigenvalue weighted by Gasteiger charge is -2.08. The number of carbonyl (C=O) groups is 1. The van der Waals surface area contributed by atoms with Crippen LogP contribution in [0.5, 0.6) is 0 Å². The molecular formula is C9H13BrN2OS. The van der Waals surface area contributed by atoms with E-state index >= 15 is 0 Å². The molecule has 1 amide bonds. The van der Waals surface area contributed by atoms with E-state index in [1.165, 1.54) is 11.3 Å². The molecule has 1 aromatic rings. The van der Waals surface area contributed by atoms with Crippen molar-refractivity contribution in [2.24, 2.45) is 0 Å². The van der Waals surface area contributed by atoms with E-state index in [2.05, 4.69) is 33.2 Å². The zero-order valence-electron chi connectivity index (χ0n) is 8.00. The first-order valence-corrected chi connectivity index (χ1v) is 6.40. The van der Waals surface area contributed by atoms with Crippen LogP contribution in [0.3, 0.4) is 0 Å². The van der Waals surface area contributed by atoms with Crippen LogP contribution in [0.15, 0.2) is 10.9 Å². The number of hydrogen-bond acceptors (Lipinski definition) is 3. The molecular weight excluding hydrogens is 264 g/mol. The van der Waals surface area contributed by atoms with E-state index in [9.17, 15) is 4.79 Å². The van der Waals surface area contributed by atoms with Gasteiger partial charge in [-0.2, -0.15) is 0 Å². The summed E-state index contributed by atoms with van der Waals surface area (Å²) in [4.78, 5) is 15.7. The Hall–Kier alpha value is -0.420. The van der Waals surface area contributed by atoms with Crippen molar-refractivity contribution in [2.45, 2.75) is 24.6 Å². The van der Waals surface area contributed by atoms with Crippen molar-refractivity contribution in [3.63, 3.8) is 0 Å². The summed E-state index contributed by atoms with van der Waals surface area (Å²) < 4.78 is 0. The monoisotopic (exact) mass is 276 g/mol. The summed E-state index contributed by atoms with van der Waals surface area (Å²) >= 11 is 4.93. The fourth-order valence-electron chi connectivity index (χ4n) is 1.03. The number of nitrogens with one attached hydrogen (secondary N) is 1. The summed E-state index contributed by atoms with van der Waals surface area (Å²) in [5.74, 6) is -0.0909. The highest BCUT2D eigenvalue weighted by molar-refractivity contribution is 9.09. The van der Waals surface area contributed by atoms with Crippen LogP contribution in [0, 0.1) is 0 Å². The van der Waals surface area contributed by atoms with E-state index in [1.54, 1.807) is 10.9 Å². The standard InChI is InChI=1S/C9H13BrN2OS/c1-2-3-7(10)4-11-9(13)8-5-14-6-12-8/h5-7H,2-4H2,1H3,(H,11,13). The van der Waals surface area contributed by atoms with Crippen molar-refractivity contribution >= 4 is 33.2 Å². The Balaban J connectivity index is 2.28. The molecule has 78 valence electrons. The Bertz CT molecular complexity index is 276. The molecule has 0 aliphatic carbocycles. The van der Waals surface area contributed by atoms with Crippen LogP contribution in [0.1, 0.15) is 30.3 Å². The minimum Gasteiger partial charge on any atom is -0.350 e. The second-order valence-electron chi connectivity index (χ2n) is 2.97. The second-order valence-corrected chi connectivity index (χ2v) is 4.98. The number of aromatic nitrogens is 1. The molecule has 1 rings (SSSR count). The van der Waals surface area contributed by atoms with Gasteiger partial charge in [0.05, 0.1) is 5.51 Å². The van der Waals surface area contributed by atoms with E-state index in [0.29, 0.717) is 17.1 Å². The molecule has 14 heavy (non-hydrogen) atoms. The van der Waals surface area contributed by atoms with Gasteiger partial charge in [-0.05, 0) is 6.42 Å². The van der Waals surface area contributed by atoms with E-state index in [-0.39, 0.29) is 5.91 Å². The van der Waals surface area contributed by atoms with Crippen molar-refractivity contribution in [3.8, 4) is 0 Å². The molecule has 0 radical (unpaired) electrons. The summed E-state index contributed by atoms with van der Waals surface area (Å²) in [6, 6.07) is 0. The molecule has 0 aliphatic rings. The second kappa shape index (κ2) is 6.14. The minimum absolute atomic E-state index is 0.0909. The highest BCUT2D eigenvalue weighted by atomic mass is 79.9. The largest absolute Gasteiger partial charge is 0.350 e. The van der Waals surface area contributed by atoms with E-state index < -0.39 is 0 Å². The van der Waals surface area contributed by atoms with Crippen LogP contribution in [-0.4, -0.2) is 22.3 Å². The molecule has 3 nitrogen and oxygen atoms in total. The predicted octanol–water partition coefficient (Wildman–Crippen LogP) is 2.44. The molecule has 0 saturated carbocycles. The Morgan fingerprint density at radius 3 is 3.14 bits per heavy atom. The first-order valence-electron chi connectivity index (χ1n) is 4.54. The topological polar surface area (TPSA) is 42.0 Å². The predicted molar refractivity (Wildman–Crippen MR) is 62.1 cm³/mol. The van der Waals surface area contributed by atoms with Crippen molar-refractivity contribution in [1.29, 1.82) is 0 Å². The van der Waals surface area contributed by atoms with Gasteiger partial charge in [-0.3, -0.25) is 4.79 Å². The number of thiazole rings is 1. The van der Waals surface area contributed by atoms with Crippen LogP contribution >= 0.6 is 27.3 Å². The van der Waals surface area contributed by atoms with Crippen molar-refractivity contribution in [3.05, 3.63) is 16.6 Å². The SMILES string of the molecule is CCCC(Br)CNC(=O)c1cscn1. The Kier molecular flexibility index (Phi) is 5.11. The lowest BCUT2D eigenvalue weighted by atomic mass is 10.2. The minimum atomic E-state index is -0.0909. The van der Waals surface area contributed by atoms with E-state index in [1.807, 2.05) is 0 Å². The first-order chi connectivity index (χ1) is 6.74. The number of carbonyl (C=O) groups excluding carboxylic acids is 1. The van der Waals surface area contributed by atoms with Crippen molar-refractivity contribution in [1.82, 2.24) is 10.3 Å². The Morgan fingerprint density at radius 2 is 2.57 bits per heavy atom. The van der Waals surface area contributed by atoms with Gasteiger partial charge in [-0.1, -0.05) is 29.3 Å². The summed E-state index contributed by atoms with van der Waals surface area (Å²) in [7, 11) is 0. The normalized spacial score (nSPS) is 12.4. The van der Waals surface area contributed by atoms with Gasteiger partial charge in [0, 0.05) is 16.8 Å². The van der Waals surface area contributed by atoms with Gasteiger partial charge in [-0.15, -0.1) is 11.3 Å². The molecule has 0 aromatic carbocycles. The molecule has 1 heterocycles. The maximum absolute atomic E-state index is 11.4. The van der Waals surface area contributed by atoms with Gasteiger partial charge in [0.1, 0.15) is 5.69 Å². The van der Waals surface area contributed by atoms with Gasteiger partial charge in [0.25, 0.3) is 5.91 Å². The highest BCUT2D eigenvalue weighted by Gasteiger charge is 2.09. The molecule has 5 heteroatoms. The summed E-state index contributed by atoms with van der Waals surface area (Å²) in [6.07, 6.45) is 2.18. The van der Waals surface area contributed by atoms with Crippen LogP contribution in [-0.2, 0) is 0 Å². The molecule has 0 aliphatic heterocycles. The summed E-state index contributed by atoms with van der Waals surface area (Å²) in [5.41, 5.74) is 2.17. The molecule has 0 spiro atoms. The third kappa shape index (κ3) is 3.75. The Labute approximate surface area is 96.1 Å². The average molecular weight is 277 g/mol. The molecule has 1 N–H and O–H groups in total.